The molecule has 0 aliphatic rings. The van der Waals surface area contributed by atoms with E-state index in [-0.39, 0.29) is 16.1 Å². The Bertz CT molecular complexity index is 1600. The standard InChI is InChI=1S/C21H18F4N4O6S2/c1-10-8-14(37(4,33)34)27-18(22)16(10)35-20-15(11(2)17(28-29-20)21(23,24)25)19(30)26-12-6-5-7-13(9-12)36(3,31)32/h5-9H,1-4H3,(H,26,30). The molecule has 37 heavy (non-hydrogen) atoms. The van der Waals surface area contributed by atoms with Gasteiger partial charge >= 0.3 is 6.18 Å². The number of benzene rings is 1. The molecule has 1 aromatic carbocycles. The Hall–Kier alpha value is -3.66. The van der Waals surface area contributed by atoms with Gasteiger partial charge in [-0.1, -0.05) is 6.07 Å². The fourth-order valence-electron chi connectivity index (χ4n) is 3.11. The van der Waals surface area contributed by atoms with Crippen molar-refractivity contribution in [2.24, 2.45) is 0 Å². The van der Waals surface area contributed by atoms with Crippen LogP contribution in [0.5, 0.6) is 11.6 Å². The number of carbonyl (C=O) groups excluding carboxylic acids is 1. The molecule has 0 saturated carbocycles. The number of aryl methyl sites for hydroxylation is 1. The van der Waals surface area contributed by atoms with Crippen LogP contribution in [0, 0.1) is 19.8 Å². The Balaban J connectivity index is 2.13. The zero-order chi connectivity index (χ0) is 27.9. The van der Waals surface area contributed by atoms with Crippen LogP contribution in [0.2, 0.25) is 0 Å². The predicted octanol–water partition coefficient (Wildman–Crippen LogP) is 3.50. The molecule has 0 fully saturated rings. The number of nitrogens with one attached hydrogen (secondary N) is 1. The molecule has 0 spiro atoms. The maximum atomic E-state index is 14.6. The van der Waals surface area contributed by atoms with Gasteiger partial charge in [0.25, 0.3) is 17.7 Å². The molecule has 0 saturated heterocycles. The second kappa shape index (κ2) is 9.66. The van der Waals surface area contributed by atoms with E-state index in [1.165, 1.54) is 25.1 Å². The SMILES string of the molecule is Cc1cc(S(C)(=O)=O)nc(F)c1Oc1nnc(C(F)(F)F)c(C)c1C(=O)Nc1cccc(S(C)(=O)=O)c1. The van der Waals surface area contributed by atoms with Crippen molar-refractivity contribution in [3.63, 3.8) is 0 Å². The van der Waals surface area contributed by atoms with Crippen molar-refractivity contribution in [3.8, 4) is 11.6 Å². The number of hydrogen-bond acceptors (Lipinski definition) is 9. The number of anilines is 1. The number of pyridine rings is 1. The average molecular weight is 563 g/mol. The highest BCUT2D eigenvalue weighted by Gasteiger charge is 2.38. The molecule has 0 atom stereocenters. The Morgan fingerprint density at radius 1 is 1.00 bits per heavy atom. The molecule has 16 heteroatoms. The molecule has 2 heterocycles. The first-order chi connectivity index (χ1) is 16.9. The molecule has 0 unspecified atom stereocenters. The molecule has 10 nitrogen and oxygen atoms in total. The maximum absolute atomic E-state index is 14.6. The molecular weight excluding hydrogens is 544 g/mol. The minimum atomic E-state index is -5.01. The van der Waals surface area contributed by atoms with Gasteiger partial charge in [-0.05, 0) is 49.2 Å². The highest BCUT2D eigenvalue weighted by atomic mass is 32.2. The number of rotatable bonds is 6. The monoisotopic (exact) mass is 562 g/mol. The Kier molecular flexibility index (Phi) is 7.29. The van der Waals surface area contributed by atoms with E-state index in [0.29, 0.717) is 0 Å². The van der Waals surface area contributed by atoms with Crippen LogP contribution >= 0.6 is 0 Å². The maximum Gasteiger partial charge on any atom is 0.435 e. The number of halogens is 4. The lowest BCUT2D eigenvalue weighted by atomic mass is 10.1. The van der Waals surface area contributed by atoms with Crippen LogP contribution in [0.1, 0.15) is 27.2 Å². The van der Waals surface area contributed by atoms with Gasteiger partial charge in [0.1, 0.15) is 5.56 Å². The third kappa shape index (κ3) is 6.19. The van der Waals surface area contributed by atoms with E-state index in [1.807, 2.05) is 0 Å². The lowest BCUT2D eigenvalue weighted by molar-refractivity contribution is -0.142. The highest BCUT2D eigenvalue weighted by Crippen LogP contribution is 2.36. The number of alkyl halides is 3. The van der Waals surface area contributed by atoms with Crippen molar-refractivity contribution < 1.29 is 43.9 Å². The van der Waals surface area contributed by atoms with Gasteiger partial charge in [-0.15, -0.1) is 10.2 Å². The zero-order valence-electron chi connectivity index (χ0n) is 19.5. The van der Waals surface area contributed by atoms with Crippen LogP contribution in [-0.4, -0.2) is 50.4 Å². The van der Waals surface area contributed by atoms with Crippen LogP contribution in [0.15, 0.2) is 40.3 Å². The van der Waals surface area contributed by atoms with E-state index >= 15 is 0 Å². The molecule has 1 amide bonds. The third-order valence-corrected chi connectivity index (χ3v) is 6.95. The summed E-state index contributed by atoms with van der Waals surface area (Å²) in [5, 5.41) is 8.02. The van der Waals surface area contributed by atoms with Crippen LogP contribution in [0.25, 0.3) is 0 Å². The zero-order valence-corrected chi connectivity index (χ0v) is 21.1. The summed E-state index contributed by atoms with van der Waals surface area (Å²) < 4.78 is 107. The molecule has 3 rings (SSSR count). The van der Waals surface area contributed by atoms with Gasteiger partial charge in [0.15, 0.2) is 36.1 Å². The lowest BCUT2D eigenvalue weighted by Crippen LogP contribution is -2.21. The molecule has 1 N–H and O–H groups in total. The largest absolute Gasteiger partial charge is 0.435 e. The minimum Gasteiger partial charge on any atom is -0.432 e. The predicted molar refractivity (Wildman–Crippen MR) is 121 cm³/mol. The Morgan fingerprint density at radius 3 is 2.19 bits per heavy atom. The molecule has 3 aromatic rings. The number of aromatic nitrogens is 3. The number of sulfone groups is 2. The van der Waals surface area contributed by atoms with Crippen LogP contribution in [0.3, 0.4) is 0 Å². The summed E-state index contributed by atoms with van der Waals surface area (Å²) in [6, 6.07) is 5.89. The fraction of sp³-hybridized carbons (Fsp3) is 0.238. The van der Waals surface area contributed by atoms with Gasteiger partial charge < -0.3 is 10.1 Å². The van der Waals surface area contributed by atoms with E-state index < -0.39 is 71.2 Å². The van der Waals surface area contributed by atoms with Gasteiger partial charge in [-0.2, -0.15) is 17.6 Å². The summed E-state index contributed by atoms with van der Waals surface area (Å²) in [5.74, 6) is -4.16. The van der Waals surface area contributed by atoms with Crippen molar-refractivity contribution in [1.82, 2.24) is 15.2 Å². The van der Waals surface area contributed by atoms with E-state index in [1.54, 1.807) is 0 Å². The highest BCUT2D eigenvalue weighted by molar-refractivity contribution is 7.91. The summed E-state index contributed by atoms with van der Waals surface area (Å²) in [6.07, 6.45) is -3.30. The summed E-state index contributed by atoms with van der Waals surface area (Å²) in [5.41, 5.74) is -3.20. The van der Waals surface area contributed by atoms with Crippen molar-refractivity contribution in [3.05, 3.63) is 58.7 Å². The van der Waals surface area contributed by atoms with Gasteiger partial charge in [0, 0.05) is 18.2 Å². The third-order valence-electron chi connectivity index (χ3n) is 4.87. The number of amides is 1. The van der Waals surface area contributed by atoms with Crippen molar-refractivity contribution in [2.45, 2.75) is 29.9 Å². The van der Waals surface area contributed by atoms with E-state index in [0.717, 1.165) is 31.6 Å². The van der Waals surface area contributed by atoms with Crippen LogP contribution in [0.4, 0.5) is 23.2 Å². The first-order valence-electron chi connectivity index (χ1n) is 10.0. The molecule has 198 valence electrons. The summed E-state index contributed by atoms with van der Waals surface area (Å²) in [7, 11) is -7.57. The van der Waals surface area contributed by atoms with Crippen molar-refractivity contribution in [2.75, 3.05) is 17.8 Å². The first kappa shape index (κ1) is 27.9. The number of carbonyl (C=O) groups is 1. The summed E-state index contributed by atoms with van der Waals surface area (Å²) in [4.78, 5) is 16.2. The molecular formula is C21H18F4N4O6S2. The molecule has 0 aliphatic heterocycles. The molecule has 0 bridgehead atoms. The number of ether oxygens (including phenoxy) is 1. The minimum absolute atomic E-state index is 0.0785. The topological polar surface area (TPSA) is 145 Å². The molecule has 0 aliphatic carbocycles. The van der Waals surface area contributed by atoms with E-state index in [2.05, 4.69) is 20.5 Å². The second-order valence-electron chi connectivity index (χ2n) is 7.88. The van der Waals surface area contributed by atoms with Gasteiger partial charge in [-0.3, -0.25) is 4.79 Å². The first-order valence-corrected chi connectivity index (χ1v) is 13.8. The van der Waals surface area contributed by atoms with Gasteiger partial charge in [0.05, 0.1) is 4.90 Å². The number of hydrogen-bond donors (Lipinski definition) is 1. The van der Waals surface area contributed by atoms with Gasteiger partial charge in [-0.25, -0.2) is 21.8 Å². The number of nitrogens with zero attached hydrogens (tertiary/aromatic N) is 3. The smallest absolute Gasteiger partial charge is 0.432 e. The van der Waals surface area contributed by atoms with Gasteiger partial charge in [0.2, 0.25) is 0 Å². The summed E-state index contributed by atoms with van der Waals surface area (Å²) in [6.45, 7) is 2.16. The molecule has 2 aromatic heterocycles. The van der Waals surface area contributed by atoms with E-state index in [9.17, 15) is 39.2 Å². The van der Waals surface area contributed by atoms with E-state index in [4.69, 9.17) is 4.74 Å². The van der Waals surface area contributed by atoms with Crippen molar-refractivity contribution >= 4 is 31.3 Å². The van der Waals surface area contributed by atoms with Crippen LogP contribution < -0.4 is 10.1 Å². The van der Waals surface area contributed by atoms with Crippen molar-refractivity contribution in [1.29, 1.82) is 0 Å². The fourth-order valence-corrected chi connectivity index (χ4v) is 4.41. The Morgan fingerprint density at radius 2 is 1.65 bits per heavy atom. The lowest BCUT2D eigenvalue weighted by Gasteiger charge is -2.17. The van der Waals surface area contributed by atoms with Crippen LogP contribution in [-0.2, 0) is 25.9 Å². The Labute approximate surface area is 208 Å². The molecule has 0 radical (unpaired) electrons. The second-order valence-corrected chi connectivity index (χ2v) is 11.9. The quantitative estimate of drug-likeness (QED) is 0.352. The normalized spacial score (nSPS) is 12.3. The summed E-state index contributed by atoms with van der Waals surface area (Å²) >= 11 is 0. The average Bonchev–Trinajstić information content (AvgIpc) is 2.74.